The zero-order valence-electron chi connectivity index (χ0n) is 17.9. The maximum atomic E-state index is 11.8. The van der Waals surface area contributed by atoms with Crippen LogP contribution >= 0.6 is 0 Å². The lowest BCUT2D eigenvalue weighted by Gasteiger charge is -2.42. The predicted octanol–water partition coefficient (Wildman–Crippen LogP) is 2.42. The summed E-state index contributed by atoms with van der Waals surface area (Å²) in [5, 5.41) is 23.0. The Balaban J connectivity index is 1.87. The van der Waals surface area contributed by atoms with E-state index in [2.05, 4.69) is 10.2 Å². The van der Waals surface area contributed by atoms with E-state index in [1.165, 1.54) is 0 Å². The third-order valence-corrected chi connectivity index (χ3v) is 5.28. The fourth-order valence-electron chi connectivity index (χ4n) is 3.83. The van der Waals surface area contributed by atoms with Gasteiger partial charge in [-0.15, -0.1) is 0 Å². The number of hydrogen-bond donors (Lipinski definition) is 3. The van der Waals surface area contributed by atoms with Gasteiger partial charge in [0, 0.05) is 18.6 Å². The molecule has 0 aromatic heterocycles. The molecule has 3 N–H and O–H groups in total. The first-order valence-electron chi connectivity index (χ1n) is 10.2. The monoisotopic (exact) mass is 406 g/mol. The summed E-state index contributed by atoms with van der Waals surface area (Å²) >= 11 is 0. The van der Waals surface area contributed by atoms with Crippen LogP contribution in [0.2, 0.25) is 0 Å². The number of carbonyl (C=O) groups is 2. The Hall–Kier alpha value is -2.12. The van der Waals surface area contributed by atoms with Crippen LogP contribution in [-0.2, 0) is 16.1 Å². The van der Waals surface area contributed by atoms with E-state index in [-0.39, 0.29) is 18.1 Å². The molecule has 1 aliphatic heterocycles. The predicted molar refractivity (Wildman–Crippen MR) is 111 cm³/mol. The van der Waals surface area contributed by atoms with Crippen LogP contribution in [0, 0.1) is 5.41 Å². The molecule has 0 saturated carbocycles. The van der Waals surface area contributed by atoms with Crippen molar-refractivity contribution in [2.24, 2.45) is 5.41 Å². The van der Waals surface area contributed by atoms with E-state index >= 15 is 0 Å². The first-order valence-corrected chi connectivity index (χ1v) is 10.2. The van der Waals surface area contributed by atoms with E-state index in [0.717, 1.165) is 12.0 Å². The second-order valence-corrected chi connectivity index (χ2v) is 8.94. The summed E-state index contributed by atoms with van der Waals surface area (Å²) in [7, 11) is 0. The lowest BCUT2D eigenvalue weighted by atomic mass is 9.73. The third-order valence-electron chi connectivity index (χ3n) is 5.28. The van der Waals surface area contributed by atoms with E-state index in [1.807, 2.05) is 52.0 Å². The number of aliphatic hydroxyl groups excluding tert-OH is 1. The van der Waals surface area contributed by atoms with E-state index in [0.29, 0.717) is 38.2 Å². The van der Waals surface area contributed by atoms with E-state index in [1.54, 1.807) is 0 Å². The number of carbonyl (C=O) groups excluding carboxylic acids is 1. The molecule has 7 nitrogen and oxygen atoms in total. The van der Waals surface area contributed by atoms with E-state index < -0.39 is 17.5 Å². The lowest BCUT2D eigenvalue weighted by molar-refractivity contribution is -0.164. The highest BCUT2D eigenvalue weighted by Gasteiger charge is 2.47. The second-order valence-electron chi connectivity index (χ2n) is 8.94. The van der Waals surface area contributed by atoms with Crippen LogP contribution in [-0.4, -0.2) is 58.3 Å². The van der Waals surface area contributed by atoms with Crippen LogP contribution < -0.4 is 10.1 Å². The van der Waals surface area contributed by atoms with E-state index in [4.69, 9.17) is 4.74 Å². The number of nitrogens with one attached hydrogen (secondary N) is 1. The summed E-state index contributed by atoms with van der Waals surface area (Å²) in [4.78, 5) is 25.7. The fourth-order valence-corrected chi connectivity index (χ4v) is 3.83. The number of rotatable bonds is 8. The first kappa shape index (κ1) is 23.2. The average Bonchev–Trinajstić information content (AvgIpc) is 2.62. The largest absolute Gasteiger partial charge is 0.484 e. The number of likely N-dealkylation sites (tertiary alicyclic amines) is 1. The third kappa shape index (κ3) is 6.44. The van der Waals surface area contributed by atoms with Gasteiger partial charge in [-0.1, -0.05) is 25.5 Å². The standard InChI is InChI=1S/C22H34N2O5/c1-5-10-22(20(27)28)11-12-24(14-18(22)25)13-16-6-8-17(9-7-16)29-15-19(26)23-21(2,3)4/h6-9,18,25H,5,10-15H2,1-4H3,(H,23,26)(H,27,28)/t18-,22+/m1/s1. The van der Waals surface area contributed by atoms with Gasteiger partial charge in [-0.05, 0) is 57.9 Å². The van der Waals surface area contributed by atoms with Gasteiger partial charge < -0.3 is 20.3 Å². The smallest absolute Gasteiger partial charge is 0.312 e. The number of β-amino-alcohol motifs (C(OH)–C–C–N with tert-alkyl or cyclic N) is 1. The van der Waals surface area contributed by atoms with Crippen molar-refractivity contribution in [3.63, 3.8) is 0 Å². The van der Waals surface area contributed by atoms with Crippen LogP contribution in [0.1, 0.15) is 52.5 Å². The molecule has 0 aliphatic carbocycles. The van der Waals surface area contributed by atoms with E-state index in [9.17, 15) is 19.8 Å². The Morgan fingerprint density at radius 2 is 1.93 bits per heavy atom. The van der Waals surface area contributed by atoms with Crippen molar-refractivity contribution in [3.05, 3.63) is 29.8 Å². The van der Waals surface area contributed by atoms with Crippen molar-refractivity contribution < 1.29 is 24.5 Å². The van der Waals surface area contributed by atoms with Gasteiger partial charge >= 0.3 is 5.97 Å². The fraction of sp³-hybridized carbons (Fsp3) is 0.636. The average molecular weight is 407 g/mol. The van der Waals surface area contributed by atoms with Crippen molar-refractivity contribution in [2.45, 2.75) is 65.1 Å². The topological polar surface area (TPSA) is 99.1 Å². The molecule has 0 spiro atoms. The molecule has 0 radical (unpaired) electrons. The lowest BCUT2D eigenvalue weighted by Crippen LogP contribution is -2.54. The first-order chi connectivity index (χ1) is 13.6. The molecular weight excluding hydrogens is 372 g/mol. The van der Waals surface area contributed by atoms with Crippen molar-refractivity contribution in [3.8, 4) is 5.75 Å². The quantitative estimate of drug-likeness (QED) is 0.613. The zero-order valence-corrected chi connectivity index (χ0v) is 17.9. The Morgan fingerprint density at radius 3 is 2.45 bits per heavy atom. The molecule has 29 heavy (non-hydrogen) atoms. The molecule has 1 aromatic rings. The van der Waals surface area contributed by atoms with Crippen molar-refractivity contribution in [1.29, 1.82) is 0 Å². The molecule has 2 atom stereocenters. The van der Waals surface area contributed by atoms with Gasteiger partial charge in [-0.2, -0.15) is 0 Å². The number of aliphatic hydroxyl groups is 1. The summed E-state index contributed by atoms with van der Waals surface area (Å²) in [5.74, 6) is -0.453. The highest BCUT2D eigenvalue weighted by molar-refractivity contribution is 5.78. The summed E-state index contributed by atoms with van der Waals surface area (Å²) in [6.07, 6.45) is 0.796. The Bertz CT molecular complexity index is 698. The number of piperidine rings is 1. The highest BCUT2D eigenvalue weighted by atomic mass is 16.5. The normalized spacial score (nSPS) is 22.9. The zero-order chi connectivity index (χ0) is 21.7. The molecule has 1 fully saturated rings. The SMILES string of the molecule is CCC[C@]1(C(=O)O)CCN(Cc2ccc(OCC(=O)NC(C)(C)C)cc2)C[C@H]1O. The molecule has 1 saturated heterocycles. The number of aliphatic carboxylic acids is 1. The minimum absolute atomic E-state index is 0.0381. The number of hydrogen-bond acceptors (Lipinski definition) is 5. The van der Waals surface area contributed by atoms with Gasteiger partial charge in [0.1, 0.15) is 5.75 Å². The van der Waals surface area contributed by atoms with Crippen LogP contribution in [0.15, 0.2) is 24.3 Å². The molecular formula is C22H34N2O5. The van der Waals surface area contributed by atoms with Crippen LogP contribution in [0.3, 0.4) is 0 Å². The van der Waals surface area contributed by atoms with Gasteiger partial charge in [0.05, 0.1) is 11.5 Å². The Kier molecular flexibility index (Phi) is 7.66. The molecule has 7 heteroatoms. The van der Waals surface area contributed by atoms with Gasteiger partial charge in [0.2, 0.25) is 0 Å². The molecule has 1 amide bonds. The number of ether oxygens (including phenoxy) is 1. The Labute approximate surface area is 173 Å². The second kappa shape index (κ2) is 9.59. The molecule has 2 rings (SSSR count). The van der Waals surface area contributed by atoms with Crippen molar-refractivity contribution >= 4 is 11.9 Å². The molecule has 1 heterocycles. The number of benzene rings is 1. The highest BCUT2D eigenvalue weighted by Crippen LogP contribution is 2.37. The maximum Gasteiger partial charge on any atom is 0.312 e. The molecule has 1 aromatic carbocycles. The number of amides is 1. The minimum atomic E-state index is -1.03. The molecule has 0 bridgehead atoms. The van der Waals surface area contributed by atoms with Gasteiger partial charge in [-0.3, -0.25) is 14.5 Å². The van der Waals surface area contributed by atoms with Gasteiger partial charge in [0.15, 0.2) is 6.61 Å². The maximum absolute atomic E-state index is 11.8. The summed E-state index contributed by atoms with van der Waals surface area (Å²) in [6.45, 7) is 9.26. The van der Waals surface area contributed by atoms with Gasteiger partial charge in [0.25, 0.3) is 5.91 Å². The van der Waals surface area contributed by atoms with Gasteiger partial charge in [-0.25, -0.2) is 0 Å². The van der Waals surface area contributed by atoms with Crippen molar-refractivity contribution in [2.75, 3.05) is 19.7 Å². The molecule has 0 unspecified atom stereocenters. The minimum Gasteiger partial charge on any atom is -0.484 e. The molecule has 1 aliphatic rings. The Morgan fingerprint density at radius 1 is 1.28 bits per heavy atom. The summed E-state index contributed by atoms with van der Waals surface area (Å²) in [6, 6.07) is 7.49. The van der Waals surface area contributed by atoms with Crippen molar-refractivity contribution in [1.82, 2.24) is 10.2 Å². The number of nitrogens with zero attached hydrogens (tertiary/aromatic N) is 1. The van der Waals surface area contributed by atoms with Crippen LogP contribution in [0.5, 0.6) is 5.75 Å². The number of carboxylic acids is 1. The molecule has 162 valence electrons. The summed E-state index contributed by atoms with van der Waals surface area (Å²) in [5.41, 5.74) is -0.281. The number of carboxylic acid groups (broad SMARTS) is 1. The summed E-state index contributed by atoms with van der Waals surface area (Å²) < 4.78 is 5.53. The van der Waals surface area contributed by atoms with Crippen LogP contribution in [0.4, 0.5) is 0 Å². The van der Waals surface area contributed by atoms with Crippen LogP contribution in [0.25, 0.3) is 0 Å².